The van der Waals surface area contributed by atoms with Gasteiger partial charge in [-0.3, -0.25) is 9.59 Å². The van der Waals surface area contributed by atoms with Gasteiger partial charge in [0.2, 0.25) is 5.91 Å². The van der Waals surface area contributed by atoms with Gasteiger partial charge < -0.3 is 41.6 Å². The summed E-state index contributed by atoms with van der Waals surface area (Å²) < 4.78 is 7.63. The molecule has 7 N–H and O–H groups in total. The van der Waals surface area contributed by atoms with Crippen molar-refractivity contribution in [3.05, 3.63) is 112 Å². The summed E-state index contributed by atoms with van der Waals surface area (Å²) in [7, 11) is 1.56. The Bertz CT molecular complexity index is 2330. The van der Waals surface area contributed by atoms with Crippen LogP contribution in [0.15, 0.2) is 89.5 Å². The van der Waals surface area contributed by atoms with Gasteiger partial charge in [-0.2, -0.15) is 0 Å². The van der Waals surface area contributed by atoms with Crippen LogP contribution in [0.25, 0.3) is 10.8 Å². The van der Waals surface area contributed by atoms with Gasteiger partial charge in [0.15, 0.2) is 5.78 Å². The molecule has 12 nitrogen and oxygen atoms in total. The minimum Gasteiger partial charge on any atom is -0.509 e. The molecule has 0 aliphatic carbocycles. The summed E-state index contributed by atoms with van der Waals surface area (Å²) in [6.07, 6.45) is 4.47. The van der Waals surface area contributed by atoms with E-state index in [0.717, 1.165) is 84.1 Å². The van der Waals surface area contributed by atoms with Gasteiger partial charge in [0.1, 0.15) is 22.3 Å². The van der Waals surface area contributed by atoms with E-state index in [1.165, 1.54) is 17.3 Å². The SMILES string of the molecule is CCOC(=O)C1=C(O)C(Cl)C(c2cccc(NC3CCN(SCc4cccc(NCCC(CCN)c5ccc(NCC=O)c6c(C(=O)CCC(=O)NC)cccc56)c4)C(C)(C)C3)c2)S1. The van der Waals surface area contributed by atoms with Crippen molar-refractivity contribution in [1.82, 2.24) is 9.62 Å². The third-order valence-corrected chi connectivity index (χ3v) is 15.3. The Morgan fingerprint density at radius 1 is 1.03 bits per heavy atom. The number of aldehydes is 1. The zero-order valence-corrected chi connectivity index (χ0v) is 39.5. The fraction of sp³-hybridized carbons (Fsp3) is 0.429. The first-order chi connectivity index (χ1) is 30.9. The summed E-state index contributed by atoms with van der Waals surface area (Å²) >= 11 is 9.72. The number of nitrogens with zero attached hydrogens (tertiary/aromatic N) is 1. The number of fused-ring (bicyclic) bond motifs is 1. The molecule has 15 heteroatoms. The van der Waals surface area contributed by atoms with Crippen molar-refractivity contribution in [2.24, 2.45) is 5.73 Å². The second kappa shape index (κ2) is 22.9. The molecule has 0 bridgehead atoms. The Hall–Kier alpha value is -4.73. The van der Waals surface area contributed by atoms with E-state index in [9.17, 15) is 24.3 Å². The average molecular weight is 930 g/mol. The van der Waals surface area contributed by atoms with Gasteiger partial charge in [-0.25, -0.2) is 9.10 Å². The lowest BCUT2D eigenvalue weighted by Gasteiger charge is -2.45. The molecule has 2 aliphatic heterocycles. The number of ketones is 1. The van der Waals surface area contributed by atoms with Crippen LogP contribution in [-0.2, 0) is 24.9 Å². The molecule has 6 rings (SSSR count). The number of aliphatic hydroxyl groups excluding tert-OH is 1. The number of rotatable bonds is 22. The van der Waals surface area contributed by atoms with Gasteiger partial charge in [-0.05, 0) is 111 Å². The van der Waals surface area contributed by atoms with E-state index in [0.29, 0.717) is 17.8 Å². The molecule has 4 atom stereocenters. The summed E-state index contributed by atoms with van der Waals surface area (Å²) in [5.74, 6) is -0.0411. The third kappa shape index (κ3) is 12.1. The fourth-order valence-corrected chi connectivity index (χ4v) is 11.5. The number of ether oxygens (including phenoxy) is 1. The van der Waals surface area contributed by atoms with Crippen molar-refractivity contribution in [3.8, 4) is 0 Å². The lowest BCUT2D eigenvalue weighted by molar-refractivity contribution is -0.137. The summed E-state index contributed by atoms with van der Waals surface area (Å²) in [5.41, 5.74) is 12.6. The second-order valence-electron chi connectivity index (χ2n) is 16.8. The number of aliphatic hydroxyl groups is 1. The van der Waals surface area contributed by atoms with Crippen molar-refractivity contribution >= 4 is 87.1 Å². The Kier molecular flexibility index (Phi) is 17.5. The smallest absolute Gasteiger partial charge is 0.348 e. The largest absolute Gasteiger partial charge is 0.509 e. The number of piperidine rings is 1. The number of carbonyl (C=O) groups excluding carboxylic acids is 4. The first kappa shape index (κ1) is 48.7. The van der Waals surface area contributed by atoms with Crippen LogP contribution in [0.3, 0.4) is 0 Å². The number of carbonyl (C=O) groups is 4. The number of hydrogen-bond donors (Lipinski definition) is 6. The van der Waals surface area contributed by atoms with Crippen LogP contribution in [0.1, 0.15) is 97.5 Å². The Balaban J connectivity index is 1.04. The number of esters is 1. The summed E-state index contributed by atoms with van der Waals surface area (Å²) in [5, 5.41) is 24.4. The number of nitrogens with one attached hydrogen (secondary N) is 4. The Morgan fingerprint density at radius 3 is 2.56 bits per heavy atom. The number of halogens is 1. The van der Waals surface area contributed by atoms with Crippen molar-refractivity contribution in [2.75, 3.05) is 55.8 Å². The molecule has 0 spiro atoms. The molecule has 0 saturated carbocycles. The van der Waals surface area contributed by atoms with Crippen molar-refractivity contribution in [2.45, 2.75) is 93.2 Å². The first-order valence-corrected chi connectivity index (χ1v) is 24.3. The summed E-state index contributed by atoms with van der Waals surface area (Å²) in [6, 6.07) is 26.6. The maximum Gasteiger partial charge on any atom is 0.348 e. The predicted octanol–water partition coefficient (Wildman–Crippen LogP) is 9.33. The number of anilines is 3. The molecular formula is C49H61ClN6O6S2. The number of benzene rings is 4. The number of nitrogens with two attached hydrogens (primary N) is 1. The molecule has 64 heavy (non-hydrogen) atoms. The average Bonchev–Trinajstić information content (AvgIpc) is 3.59. The maximum absolute atomic E-state index is 13.5. The van der Waals surface area contributed by atoms with Crippen LogP contribution in [0.5, 0.6) is 0 Å². The van der Waals surface area contributed by atoms with Crippen LogP contribution in [0.4, 0.5) is 17.1 Å². The first-order valence-electron chi connectivity index (χ1n) is 22.0. The monoisotopic (exact) mass is 928 g/mol. The molecule has 4 unspecified atom stereocenters. The zero-order chi connectivity index (χ0) is 45.8. The highest BCUT2D eigenvalue weighted by Gasteiger charge is 2.40. The van der Waals surface area contributed by atoms with E-state index in [2.05, 4.69) is 75.8 Å². The minimum atomic E-state index is -0.720. The quantitative estimate of drug-likeness (QED) is 0.0145. The van der Waals surface area contributed by atoms with E-state index >= 15 is 0 Å². The lowest BCUT2D eigenvalue weighted by atomic mass is 9.86. The van der Waals surface area contributed by atoms with Crippen LogP contribution in [0.2, 0.25) is 0 Å². The molecule has 1 saturated heterocycles. The normalized spacial score (nSPS) is 18.9. The number of hydrogen-bond acceptors (Lipinski definition) is 13. The van der Waals surface area contributed by atoms with Gasteiger partial charge in [-0.1, -0.05) is 60.5 Å². The van der Waals surface area contributed by atoms with Gasteiger partial charge >= 0.3 is 5.97 Å². The number of allylic oxidation sites excluding steroid dienone is 1. The molecule has 2 heterocycles. The number of alkyl halides is 1. The number of thioether (sulfide) groups is 1. The molecular weight excluding hydrogens is 868 g/mol. The molecule has 0 aromatic heterocycles. The zero-order valence-electron chi connectivity index (χ0n) is 37.1. The molecule has 4 aromatic rings. The van der Waals surface area contributed by atoms with E-state index in [1.54, 1.807) is 20.0 Å². The molecule has 1 amide bonds. The minimum absolute atomic E-state index is 0.0641. The maximum atomic E-state index is 13.5. The lowest BCUT2D eigenvalue weighted by Crippen LogP contribution is -2.49. The molecule has 1 fully saturated rings. The van der Waals surface area contributed by atoms with E-state index in [4.69, 9.17) is 22.1 Å². The van der Waals surface area contributed by atoms with Crippen LogP contribution in [0, 0.1) is 0 Å². The van der Waals surface area contributed by atoms with Crippen molar-refractivity contribution in [1.29, 1.82) is 0 Å². The van der Waals surface area contributed by atoms with Crippen LogP contribution in [-0.4, -0.2) is 90.1 Å². The standard InChI is InChI=1S/C49H61ClN6O6S2/c1-5-62-48(61)47-45(60)44(50)46(64-47)33-10-7-12-35(28-33)55-36-21-25-56(49(2,3)29-36)63-30-31-9-6-11-34(27-31)53-23-20-32(19-22-51)37-15-16-40(54-24-26-57)43-38(37)13-8-14-39(43)41(58)17-18-42(59)52-4/h6-16,26-28,32,36,44,46,53-55,60H,5,17-25,29-30,51H2,1-4H3,(H,52,59). The summed E-state index contributed by atoms with van der Waals surface area (Å²) in [6.45, 7) is 8.81. The van der Waals surface area contributed by atoms with Crippen LogP contribution < -0.4 is 27.0 Å². The van der Waals surface area contributed by atoms with E-state index in [-0.39, 0.29) is 71.1 Å². The highest BCUT2D eigenvalue weighted by Crippen LogP contribution is 2.50. The fourth-order valence-electron chi connectivity index (χ4n) is 8.66. The molecule has 4 aromatic carbocycles. The van der Waals surface area contributed by atoms with Gasteiger partial charge in [0.05, 0.1) is 18.4 Å². The Labute approximate surface area is 390 Å². The van der Waals surface area contributed by atoms with Crippen molar-refractivity contribution < 1.29 is 29.0 Å². The molecule has 2 aliphatic rings. The van der Waals surface area contributed by atoms with E-state index < -0.39 is 11.3 Å². The predicted molar refractivity (Wildman–Crippen MR) is 264 cm³/mol. The highest BCUT2D eigenvalue weighted by atomic mass is 35.5. The summed E-state index contributed by atoms with van der Waals surface area (Å²) in [4.78, 5) is 49.3. The Morgan fingerprint density at radius 2 is 1.81 bits per heavy atom. The number of amides is 1. The van der Waals surface area contributed by atoms with Crippen LogP contribution >= 0.6 is 35.3 Å². The van der Waals surface area contributed by atoms with Gasteiger partial charge in [0, 0.05) is 78.3 Å². The van der Waals surface area contributed by atoms with Gasteiger partial charge in [0.25, 0.3) is 0 Å². The second-order valence-corrected chi connectivity index (χ2v) is 19.4. The third-order valence-electron chi connectivity index (χ3n) is 11.9. The highest BCUT2D eigenvalue weighted by molar-refractivity contribution is 8.04. The van der Waals surface area contributed by atoms with E-state index in [1.807, 2.05) is 48.3 Å². The van der Waals surface area contributed by atoms with Gasteiger partial charge in [-0.15, -0.1) is 23.4 Å². The number of Topliss-reactive ketones (excluding diaryl/α,β-unsaturated/α-hetero) is 1. The molecule has 0 radical (unpaired) electrons. The topological polar surface area (TPSA) is 175 Å². The van der Waals surface area contributed by atoms with Crippen molar-refractivity contribution in [3.63, 3.8) is 0 Å². The molecule has 342 valence electrons.